The number of hydrogen-bond acceptors (Lipinski definition) is 7. The third-order valence-electron chi connectivity index (χ3n) is 3.21. The monoisotopic (exact) mass is 399 g/mol. The Morgan fingerprint density at radius 1 is 1.26 bits per heavy atom. The molecule has 4 N–H and O–H groups in total. The van der Waals surface area contributed by atoms with Gasteiger partial charge in [0.2, 0.25) is 16.0 Å². The lowest BCUT2D eigenvalue weighted by atomic mass is 10.3. The molecular formula is C13H14BrN5O3S. The lowest BCUT2D eigenvalue weighted by molar-refractivity contribution is 0.477. The van der Waals surface area contributed by atoms with Gasteiger partial charge in [-0.05, 0) is 40.5 Å². The highest BCUT2D eigenvalue weighted by Crippen LogP contribution is 2.29. The number of aromatic hydroxyl groups is 1. The van der Waals surface area contributed by atoms with Gasteiger partial charge in [-0.25, -0.2) is 18.1 Å². The summed E-state index contributed by atoms with van der Waals surface area (Å²) in [5.41, 5.74) is 0.209. The zero-order chi connectivity index (χ0) is 16.4. The fourth-order valence-electron chi connectivity index (χ4n) is 2.04. The van der Waals surface area contributed by atoms with Crippen molar-refractivity contribution in [3.05, 3.63) is 28.9 Å². The second-order valence-corrected chi connectivity index (χ2v) is 7.49. The second-order valence-electron chi connectivity index (χ2n) is 4.87. The van der Waals surface area contributed by atoms with E-state index in [2.05, 4.69) is 41.3 Å². The number of fused-ring (bicyclic) bond motifs is 4. The van der Waals surface area contributed by atoms with Crippen LogP contribution in [0.2, 0.25) is 0 Å². The van der Waals surface area contributed by atoms with E-state index in [4.69, 9.17) is 0 Å². The van der Waals surface area contributed by atoms with Crippen LogP contribution < -0.4 is 15.4 Å². The summed E-state index contributed by atoms with van der Waals surface area (Å²) in [5.74, 6) is 0.729. The first-order valence-corrected chi connectivity index (χ1v) is 9.09. The molecule has 0 radical (unpaired) electrons. The van der Waals surface area contributed by atoms with E-state index in [-0.39, 0.29) is 28.8 Å². The van der Waals surface area contributed by atoms with Gasteiger partial charge in [-0.1, -0.05) is 0 Å². The number of phenolic OH excluding ortho intramolecular Hbond substituents is 1. The molecular weight excluding hydrogens is 386 g/mol. The summed E-state index contributed by atoms with van der Waals surface area (Å²) >= 11 is 3.35. The van der Waals surface area contributed by atoms with Gasteiger partial charge in [-0.15, -0.1) is 0 Å². The molecule has 0 spiro atoms. The van der Waals surface area contributed by atoms with Crippen molar-refractivity contribution >= 4 is 43.4 Å². The topological polar surface area (TPSA) is 116 Å². The highest BCUT2D eigenvalue weighted by Gasteiger charge is 2.17. The van der Waals surface area contributed by atoms with Crippen molar-refractivity contribution in [2.75, 3.05) is 23.7 Å². The molecule has 0 saturated carbocycles. The second kappa shape index (κ2) is 6.30. The molecule has 0 fully saturated rings. The van der Waals surface area contributed by atoms with Crippen molar-refractivity contribution in [2.24, 2.45) is 0 Å². The summed E-state index contributed by atoms with van der Waals surface area (Å²) in [6.07, 6.45) is 2.16. The number of benzene rings is 1. The maximum Gasteiger partial charge on any atom is 0.240 e. The van der Waals surface area contributed by atoms with Gasteiger partial charge in [0, 0.05) is 19.3 Å². The van der Waals surface area contributed by atoms with Crippen LogP contribution in [0.3, 0.4) is 0 Å². The van der Waals surface area contributed by atoms with Crippen molar-refractivity contribution in [1.82, 2.24) is 14.7 Å². The van der Waals surface area contributed by atoms with Gasteiger partial charge in [-0.3, -0.25) is 0 Å². The molecule has 23 heavy (non-hydrogen) atoms. The van der Waals surface area contributed by atoms with E-state index in [1.807, 2.05) is 0 Å². The molecule has 2 aromatic rings. The van der Waals surface area contributed by atoms with Crippen LogP contribution in [0.5, 0.6) is 5.75 Å². The molecule has 8 nitrogen and oxygen atoms in total. The molecule has 10 heteroatoms. The molecule has 2 heterocycles. The standard InChI is InChI=1S/C13H14BrN5O3S/c14-9-7-16-13-18-10-6-8(2-3-11(10)20)23(21,22)17-5-1-4-15-12(9)19-13/h2-3,6-7,17,20H,1,4-5H2,(H2,15,16,18,19). The van der Waals surface area contributed by atoms with Gasteiger partial charge in [0.15, 0.2) is 0 Å². The fourth-order valence-corrected chi connectivity index (χ4v) is 3.47. The molecule has 1 aromatic heterocycles. The maximum absolute atomic E-state index is 12.2. The number of aromatic nitrogens is 2. The molecule has 0 atom stereocenters. The summed E-state index contributed by atoms with van der Waals surface area (Å²) in [6, 6.07) is 4.00. The number of phenols is 1. The van der Waals surface area contributed by atoms with Crippen molar-refractivity contribution in [3.63, 3.8) is 0 Å². The largest absolute Gasteiger partial charge is 0.506 e. The molecule has 0 amide bonds. The van der Waals surface area contributed by atoms with E-state index >= 15 is 0 Å². The lowest BCUT2D eigenvalue weighted by Crippen LogP contribution is -2.26. The summed E-state index contributed by atoms with van der Waals surface area (Å²) in [7, 11) is -3.64. The van der Waals surface area contributed by atoms with Crippen LogP contribution in [0, 0.1) is 0 Å². The molecule has 1 aliphatic heterocycles. The van der Waals surface area contributed by atoms with Gasteiger partial charge >= 0.3 is 0 Å². The average Bonchev–Trinajstić information content (AvgIpc) is 2.51. The van der Waals surface area contributed by atoms with Gasteiger partial charge in [-0.2, -0.15) is 4.98 Å². The van der Waals surface area contributed by atoms with Crippen molar-refractivity contribution in [1.29, 1.82) is 0 Å². The number of hydrogen-bond donors (Lipinski definition) is 4. The highest BCUT2D eigenvalue weighted by molar-refractivity contribution is 9.10. The SMILES string of the molecule is O=S1(=O)NCCCNc2nc(ncc2Br)Nc2cc1ccc2O. The van der Waals surface area contributed by atoms with E-state index in [9.17, 15) is 13.5 Å². The van der Waals surface area contributed by atoms with Crippen LogP contribution in [-0.4, -0.2) is 36.6 Å². The lowest BCUT2D eigenvalue weighted by Gasteiger charge is -2.11. The van der Waals surface area contributed by atoms with E-state index in [1.165, 1.54) is 18.2 Å². The molecule has 4 bridgehead atoms. The minimum Gasteiger partial charge on any atom is -0.506 e. The number of rotatable bonds is 0. The van der Waals surface area contributed by atoms with Crippen LogP contribution in [-0.2, 0) is 10.0 Å². The van der Waals surface area contributed by atoms with Crippen molar-refractivity contribution in [3.8, 4) is 5.75 Å². The Morgan fingerprint density at radius 2 is 2.09 bits per heavy atom. The third-order valence-corrected chi connectivity index (χ3v) is 5.25. The minimum atomic E-state index is -3.64. The van der Waals surface area contributed by atoms with E-state index in [1.54, 1.807) is 6.20 Å². The number of halogens is 1. The Bertz CT molecular complexity index is 843. The van der Waals surface area contributed by atoms with Gasteiger partial charge in [0.1, 0.15) is 11.6 Å². The molecule has 122 valence electrons. The van der Waals surface area contributed by atoms with Crippen molar-refractivity contribution < 1.29 is 13.5 Å². The fraction of sp³-hybridized carbons (Fsp3) is 0.231. The first-order chi connectivity index (χ1) is 11.0. The number of sulfonamides is 1. The van der Waals surface area contributed by atoms with E-state index in [0.717, 1.165) is 0 Å². The third kappa shape index (κ3) is 3.54. The molecule has 0 aliphatic carbocycles. The number of nitrogens with one attached hydrogen (secondary N) is 3. The summed E-state index contributed by atoms with van der Waals surface area (Å²) in [4.78, 5) is 8.47. The Kier molecular flexibility index (Phi) is 4.37. The Labute approximate surface area is 141 Å². The van der Waals surface area contributed by atoms with Gasteiger partial charge in [0.05, 0.1) is 15.1 Å². The molecule has 1 aliphatic rings. The quantitative estimate of drug-likeness (QED) is 0.498. The molecule has 1 aromatic carbocycles. The summed E-state index contributed by atoms with van der Waals surface area (Å²) in [5, 5.41) is 15.9. The van der Waals surface area contributed by atoms with Gasteiger partial charge in [0.25, 0.3) is 0 Å². The zero-order valence-corrected chi connectivity index (χ0v) is 14.3. The predicted octanol–water partition coefficient (Wildman–Crippen LogP) is 1.78. The van der Waals surface area contributed by atoms with Crippen LogP contribution >= 0.6 is 15.9 Å². The molecule has 0 unspecified atom stereocenters. The van der Waals surface area contributed by atoms with E-state index < -0.39 is 10.0 Å². The Hall–Kier alpha value is -1.91. The van der Waals surface area contributed by atoms with Crippen LogP contribution in [0.25, 0.3) is 0 Å². The predicted molar refractivity (Wildman–Crippen MR) is 89.4 cm³/mol. The smallest absolute Gasteiger partial charge is 0.240 e. The number of nitrogens with zero attached hydrogens (tertiary/aromatic N) is 2. The van der Waals surface area contributed by atoms with Gasteiger partial charge < -0.3 is 15.7 Å². The van der Waals surface area contributed by atoms with Crippen LogP contribution in [0.15, 0.2) is 33.8 Å². The molecule has 3 rings (SSSR count). The number of anilines is 3. The van der Waals surface area contributed by atoms with E-state index in [0.29, 0.717) is 23.3 Å². The zero-order valence-electron chi connectivity index (χ0n) is 11.9. The van der Waals surface area contributed by atoms with Crippen LogP contribution in [0.1, 0.15) is 6.42 Å². The highest BCUT2D eigenvalue weighted by atomic mass is 79.9. The normalized spacial score (nSPS) is 16.9. The summed E-state index contributed by atoms with van der Waals surface area (Å²) in [6.45, 7) is 0.828. The molecule has 0 saturated heterocycles. The minimum absolute atomic E-state index is 0.0577. The Balaban J connectivity index is 2.07. The first-order valence-electron chi connectivity index (χ1n) is 6.82. The Morgan fingerprint density at radius 3 is 2.91 bits per heavy atom. The average molecular weight is 400 g/mol. The first kappa shape index (κ1) is 16.0. The summed E-state index contributed by atoms with van der Waals surface area (Å²) < 4.78 is 27.7. The van der Waals surface area contributed by atoms with Crippen LogP contribution in [0.4, 0.5) is 17.5 Å². The van der Waals surface area contributed by atoms with Crippen molar-refractivity contribution in [2.45, 2.75) is 11.3 Å². The maximum atomic E-state index is 12.2.